The average Bonchev–Trinajstić information content (AvgIpc) is 3.32. The SMILES string of the molecule is [CH]1C(c2cccs2)=Cc2c1cc1c(c2-c2ccccc2)CCC1.[Zr]. The van der Waals surface area contributed by atoms with Gasteiger partial charge in [-0.1, -0.05) is 42.5 Å². The van der Waals surface area contributed by atoms with Crippen molar-refractivity contribution < 1.29 is 26.2 Å². The molecule has 0 atom stereocenters. The molecule has 1 radical (unpaired) electrons. The first-order valence-corrected chi connectivity index (χ1v) is 9.12. The standard InChI is InChI=1S/C22H17S.Zr/c1-2-6-15(7-3-1)22-19-9-4-8-16(19)12-17-13-18(14-20(17)22)21-10-5-11-23-21;/h1-3,5-7,10-14H,4,8-9H2;. The van der Waals surface area contributed by atoms with Gasteiger partial charge < -0.3 is 0 Å². The van der Waals surface area contributed by atoms with Crippen LogP contribution >= 0.6 is 11.3 Å². The van der Waals surface area contributed by atoms with Crippen molar-refractivity contribution >= 4 is 23.0 Å². The van der Waals surface area contributed by atoms with Gasteiger partial charge in [-0.2, -0.15) is 0 Å². The van der Waals surface area contributed by atoms with Gasteiger partial charge in [0.2, 0.25) is 0 Å². The molecule has 5 rings (SSSR count). The summed E-state index contributed by atoms with van der Waals surface area (Å²) in [6.45, 7) is 0. The van der Waals surface area contributed by atoms with Gasteiger partial charge in [0.05, 0.1) is 0 Å². The molecular weight excluding hydrogens is 388 g/mol. The zero-order valence-corrected chi connectivity index (χ0v) is 16.7. The molecule has 0 saturated carbocycles. The molecule has 2 aliphatic carbocycles. The molecule has 1 heterocycles. The van der Waals surface area contributed by atoms with E-state index in [1.54, 1.807) is 11.1 Å². The Morgan fingerprint density at radius 2 is 1.79 bits per heavy atom. The molecule has 0 unspecified atom stereocenters. The van der Waals surface area contributed by atoms with Crippen molar-refractivity contribution in [3.63, 3.8) is 0 Å². The third kappa shape index (κ3) is 2.61. The monoisotopic (exact) mass is 403 g/mol. The summed E-state index contributed by atoms with van der Waals surface area (Å²) in [7, 11) is 0. The summed E-state index contributed by atoms with van der Waals surface area (Å²) in [6, 6.07) is 17.7. The van der Waals surface area contributed by atoms with Gasteiger partial charge >= 0.3 is 0 Å². The van der Waals surface area contributed by atoms with E-state index in [1.807, 2.05) is 11.3 Å². The maximum Gasteiger partial charge on any atom is 0.0309 e. The van der Waals surface area contributed by atoms with Crippen LogP contribution in [0.3, 0.4) is 0 Å². The van der Waals surface area contributed by atoms with Crippen LogP contribution in [0.1, 0.15) is 33.6 Å². The second-order valence-corrected chi connectivity index (χ2v) is 7.28. The average molecular weight is 405 g/mol. The van der Waals surface area contributed by atoms with Gasteiger partial charge in [0, 0.05) is 37.5 Å². The number of fused-ring (bicyclic) bond motifs is 2. The van der Waals surface area contributed by atoms with E-state index in [4.69, 9.17) is 0 Å². The Kier molecular flexibility index (Phi) is 4.45. The minimum atomic E-state index is 0. The van der Waals surface area contributed by atoms with Gasteiger partial charge in [-0.3, -0.25) is 0 Å². The Morgan fingerprint density at radius 1 is 0.917 bits per heavy atom. The molecule has 0 spiro atoms. The number of allylic oxidation sites excluding steroid dienone is 1. The molecule has 0 nitrogen and oxygen atoms in total. The number of aryl methyl sites for hydroxylation is 1. The largest absolute Gasteiger partial charge is 0.144 e. The number of benzene rings is 2. The van der Waals surface area contributed by atoms with Crippen LogP contribution in [0.2, 0.25) is 0 Å². The molecule has 2 aliphatic rings. The zero-order valence-electron chi connectivity index (χ0n) is 13.4. The molecule has 115 valence electrons. The molecule has 2 aromatic carbocycles. The molecule has 0 bridgehead atoms. The van der Waals surface area contributed by atoms with Crippen molar-refractivity contribution in [3.8, 4) is 11.1 Å². The van der Waals surface area contributed by atoms with Crippen molar-refractivity contribution in [3.05, 3.63) is 87.5 Å². The van der Waals surface area contributed by atoms with Gasteiger partial charge in [-0.15, -0.1) is 11.3 Å². The molecule has 0 saturated heterocycles. The molecule has 24 heavy (non-hydrogen) atoms. The maximum atomic E-state index is 2.43. The van der Waals surface area contributed by atoms with E-state index in [9.17, 15) is 0 Å². The molecule has 0 aliphatic heterocycles. The smallest absolute Gasteiger partial charge is 0.0309 e. The summed E-state index contributed by atoms with van der Waals surface area (Å²) in [4.78, 5) is 1.36. The quantitative estimate of drug-likeness (QED) is 0.491. The summed E-state index contributed by atoms with van der Waals surface area (Å²) in [6.07, 6.45) is 8.49. The summed E-state index contributed by atoms with van der Waals surface area (Å²) >= 11 is 1.82. The maximum absolute atomic E-state index is 2.43. The first-order valence-electron chi connectivity index (χ1n) is 8.25. The summed E-state index contributed by atoms with van der Waals surface area (Å²) in [5.74, 6) is 0. The van der Waals surface area contributed by atoms with E-state index in [2.05, 4.69) is 66.4 Å². The second-order valence-electron chi connectivity index (χ2n) is 6.33. The summed E-state index contributed by atoms with van der Waals surface area (Å²) in [5, 5.41) is 2.16. The van der Waals surface area contributed by atoms with E-state index in [-0.39, 0.29) is 26.2 Å². The zero-order chi connectivity index (χ0) is 15.2. The Labute approximate surface area is 166 Å². The van der Waals surface area contributed by atoms with Gasteiger partial charge in [0.1, 0.15) is 0 Å². The fourth-order valence-corrected chi connectivity index (χ4v) is 4.66. The van der Waals surface area contributed by atoms with Crippen LogP contribution in [-0.4, -0.2) is 0 Å². The van der Waals surface area contributed by atoms with Gasteiger partial charge in [-0.05, 0) is 75.7 Å². The van der Waals surface area contributed by atoms with E-state index in [1.165, 1.54) is 52.0 Å². The van der Waals surface area contributed by atoms with Crippen LogP contribution in [0.5, 0.6) is 0 Å². The van der Waals surface area contributed by atoms with Crippen LogP contribution in [0.15, 0.2) is 53.9 Å². The topological polar surface area (TPSA) is 0 Å². The van der Waals surface area contributed by atoms with Gasteiger partial charge in [-0.25, -0.2) is 0 Å². The predicted molar refractivity (Wildman–Crippen MR) is 99.5 cm³/mol. The second kappa shape index (κ2) is 6.58. The number of thiophene rings is 1. The van der Waals surface area contributed by atoms with Gasteiger partial charge in [0.15, 0.2) is 0 Å². The fourth-order valence-electron chi connectivity index (χ4n) is 3.94. The normalized spacial score (nSPS) is 14.8. The molecule has 0 amide bonds. The van der Waals surface area contributed by atoms with Crippen molar-refractivity contribution in [2.24, 2.45) is 0 Å². The van der Waals surface area contributed by atoms with Gasteiger partial charge in [0.25, 0.3) is 0 Å². The van der Waals surface area contributed by atoms with Crippen LogP contribution in [0, 0.1) is 6.42 Å². The van der Waals surface area contributed by atoms with Crippen LogP contribution < -0.4 is 0 Å². The third-order valence-electron chi connectivity index (χ3n) is 4.95. The Hall–Kier alpha value is -1.24. The van der Waals surface area contributed by atoms with E-state index in [0.29, 0.717) is 0 Å². The molecule has 0 fully saturated rings. The first-order chi connectivity index (χ1) is 11.4. The van der Waals surface area contributed by atoms with Crippen LogP contribution in [0.25, 0.3) is 22.8 Å². The van der Waals surface area contributed by atoms with Crippen molar-refractivity contribution in [1.82, 2.24) is 0 Å². The van der Waals surface area contributed by atoms with Crippen LogP contribution in [0.4, 0.5) is 0 Å². The predicted octanol–water partition coefficient (Wildman–Crippen LogP) is 6.01. The summed E-state index contributed by atoms with van der Waals surface area (Å²) < 4.78 is 0. The van der Waals surface area contributed by atoms with E-state index in [0.717, 1.165) is 0 Å². The Bertz CT molecular complexity index is 905. The Balaban J connectivity index is 0.00000146. The molecule has 3 aromatic rings. The van der Waals surface area contributed by atoms with Crippen molar-refractivity contribution in [2.45, 2.75) is 19.3 Å². The number of hydrogen-bond donors (Lipinski definition) is 0. The number of rotatable bonds is 2. The van der Waals surface area contributed by atoms with Crippen molar-refractivity contribution in [2.75, 3.05) is 0 Å². The summed E-state index contributed by atoms with van der Waals surface area (Å²) in [5.41, 5.74) is 10.1. The first kappa shape index (κ1) is 16.2. The molecule has 2 heteroatoms. The Morgan fingerprint density at radius 3 is 2.58 bits per heavy atom. The molecular formula is C22H17SZr. The minimum absolute atomic E-state index is 0. The minimum Gasteiger partial charge on any atom is -0.144 e. The van der Waals surface area contributed by atoms with E-state index < -0.39 is 0 Å². The van der Waals surface area contributed by atoms with Crippen molar-refractivity contribution in [1.29, 1.82) is 0 Å². The fraction of sp³-hybridized carbons (Fsp3) is 0.136. The number of hydrogen-bond acceptors (Lipinski definition) is 1. The van der Waals surface area contributed by atoms with Crippen LogP contribution in [-0.2, 0) is 39.0 Å². The van der Waals surface area contributed by atoms with E-state index >= 15 is 0 Å². The molecule has 0 N–H and O–H groups in total. The third-order valence-corrected chi connectivity index (χ3v) is 5.87. The molecule has 1 aromatic heterocycles.